The topological polar surface area (TPSA) is 58.6 Å². The summed E-state index contributed by atoms with van der Waals surface area (Å²) < 4.78 is 28.5. The maximum absolute atomic E-state index is 12.1. The molecule has 1 aromatic carbocycles. The molecule has 1 saturated carbocycles. The van der Waals surface area contributed by atoms with Gasteiger partial charge in [-0.3, -0.25) is 4.79 Å². The van der Waals surface area contributed by atoms with E-state index in [2.05, 4.69) is 10.1 Å². The van der Waals surface area contributed by atoms with Crippen LogP contribution in [0.3, 0.4) is 0 Å². The molecule has 0 heterocycles. The number of aliphatic hydroxyl groups excluding tert-OH is 1. The Morgan fingerprint density at radius 1 is 1.52 bits per heavy atom. The van der Waals surface area contributed by atoms with Crippen molar-refractivity contribution in [3.63, 3.8) is 0 Å². The van der Waals surface area contributed by atoms with E-state index in [-0.39, 0.29) is 29.5 Å². The van der Waals surface area contributed by atoms with Crippen molar-refractivity contribution in [1.29, 1.82) is 0 Å². The monoisotopic (exact) mass is 299 g/mol. The molecule has 1 aliphatic carbocycles. The van der Waals surface area contributed by atoms with Crippen molar-refractivity contribution in [2.24, 2.45) is 11.3 Å². The lowest BCUT2D eigenvalue weighted by Crippen LogP contribution is -2.30. The third-order valence-corrected chi connectivity index (χ3v) is 3.77. The van der Waals surface area contributed by atoms with E-state index in [1.54, 1.807) is 6.07 Å². The van der Waals surface area contributed by atoms with E-state index in [9.17, 15) is 18.7 Å². The molecule has 1 fully saturated rings. The Morgan fingerprint density at radius 3 is 2.76 bits per heavy atom. The summed E-state index contributed by atoms with van der Waals surface area (Å²) in [6.07, 6.45) is -0.121. The zero-order valence-electron chi connectivity index (χ0n) is 12.0. The van der Waals surface area contributed by atoms with Gasteiger partial charge in [-0.1, -0.05) is 26.0 Å². The van der Waals surface area contributed by atoms with Gasteiger partial charge >= 0.3 is 6.61 Å². The lowest BCUT2D eigenvalue weighted by Gasteiger charge is -2.14. The fourth-order valence-corrected chi connectivity index (χ4v) is 2.25. The van der Waals surface area contributed by atoms with Gasteiger partial charge in [-0.05, 0) is 29.5 Å². The highest BCUT2D eigenvalue weighted by Crippen LogP contribution is 2.51. The number of nitrogens with one attached hydrogen (secondary N) is 1. The van der Waals surface area contributed by atoms with Crippen molar-refractivity contribution in [3.8, 4) is 5.75 Å². The van der Waals surface area contributed by atoms with E-state index in [1.807, 2.05) is 13.8 Å². The minimum absolute atomic E-state index is 0.0156. The lowest BCUT2D eigenvalue weighted by atomic mass is 10.1. The Kier molecular flexibility index (Phi) is 4.46. The summed E-state index contributed by atoms with van der Waals surface area (Å²) in [6, 6.07) is 5.83. The molecule has 21 heavy (non-hydrogen) atoms. The van der Waals surface area contributed by atoms with E-state index in [1.165, 1.54) is 18.2 Å². The number of carbonyl (C=O) groups is 1. The highest BCUT2D eigenvalue weighted by Gasteiger charge is 2.50. The number of amides is 1. The van der Waals surface area contributed by atoms with E-state index < -0.39 is 12.7 Å². The zero-order chi connectivity index (χ0) is 15.6. The second kappa shape index (κ2) is 5.97. The van der Waals surface area contributed by atoms with Crippen LogP contribution in [0.4, 0.5) is 8.78 Å². The minimum atomic E-state index is -2.91. The SMILES string of the molecule is CC1(C)C[C@@H]1C(=O)NCC(O)c1cccc(OC(F)F)c1. The molecule has 1 amide bonds. The third kappa shape index (κ3) is 4.14. The van der Waals surface area contributed by atoms with Gasteiger partial charge in [0, 0.05) is 12.5 Å². The zero-order valence-corrected chi connectivity index (χ0v) is 12.0. The molecule has 2 N–H and O–H groups in total. The van der Waals surface area contributed by atoms with Gasteiger partial charge in [0.15, 0.2) is 0 Å². The number of hydrogen-bond acceptors (Lipinski definition) is 3. The fraction of sp³-hybridized carbons (Fsp3) is 0.533. The number of alkyl halides is 2. The van der Waals surface area contributed by atoms with Crippen molar-refractivity contribution in [1.82, 2.24) is 5.32 Å². The van der Waals surface area contributed by atoms with Crippen LogP contribution in [0.25, 0.3) is 0 Å². The van der Waals surface area contributed by atoms with Crippen LogP contribution in [-0.4, -0.2) is 24.2 Å². The van der Waals surface area contributed by atoms with E-state index in [0.29, 0.717) is 5.56 Å². The van der Waals surface area contributed by atoms with Crippen LogP contribution in [0, 0.1) is 11.3 Å². The van der Waals surface area contributed by atoms with Crippen LogP contribution in [0.15, 0.2) is 24.3 Å². The van der Waals surface area contributed by atoms with Gasteiger partial charge in [-0.2, -0.15) is 8.78 Å². The summed E-state index contributed by atoms with van der Waals surface area (Å²) >= 11 is 0. The summed E-state index contributed by atoms with van der Waals surface area (Å²) in [5.41, 5.74) is 0.448. The first-order chi connectivity index (χ1) is 9.79. The Morgan fingerprint density at radius 2 is 2.19 bits per heavy atom. The van der Waals surface area contributed by atoms with Gasteiger partial charge in [-0.25, -0.2) is 0 Å². The smallest absolute Gasteiger partial charge is 0.387 e. The van der Waals surface area contributed by atoms with Gasteiger partial charge in [0.25, 0.3) is 0 Å². The molecule has 4 nitrogen and oxygen atoms in total. The summed E-state index contributed by atoms with van der Waals surface area (Å²) in [5.74, 6) is -0.117. The third-order valence-electron chi connectivity index (χ3n) is 3.77. The molecule has 0 radical (unpaired) electrons. The van der Waals surface area contributed by atoms with Crippen LogP contribution >= 0.6 is 0 Å². The summed E-state index contributed by atoms with van der Waals surface area (Å²) in [5, 5.41) is 12.7. The quantitative estimate of drug-likeness (QED) is 0.848. The lowest BCUT2D eigenvalue weighted by molar-refractivity contribution is -0.123. The highest BCUT2D eigenvalue weighted by molar-refractivity contribution is 5.82. The molecule has 2 atom stereocenters. The van der Waals surface area contributed by atoms with Crippen LogP contribution in [0.2, 0.25) is 0 Å². The maximum Gasteiger partial charge on any atom is 0.387 e. The Hall–Kier alpha value is -1.69. The molecule has 1 aromatic rings. The molecule has 2 rings (SSSR count). The summed E-state index contributed by atoms with van der Waals surface area (Å²) in [7, 11) is 0. The molecule has 0 saturated heterocycles. The van der Waals surface area contributed by atoms with Crippen LogP contribution in [-0.2, 0) is 4.79 Å². The van der Waals surface area contributed by atoms with E-state index >= 15 is 0 Å². The highest BCUT2D eigenvalue weighted by atomic mass is 19.3. The molecule has 0 bridgehead atoms. The van der Waals surface area contributed by atoms with Crippen molar-refractivity contribution in [2.75, 3.05) is 6.54 Å². The van der Waals surface area contributed by atoms with Gasteiger partial charge in [0.05, 0.1) is 6.10 Å². The van der Waals surface area contributed by atoms with E-state index in [4.69, 9.17) is 0 Å². The average molecular weight is 299 g/mol. The number of ether oxygens (including phenoxy) is 1. The van der Waals surface area contributed by atoms with Crippen LogP contribution in [0.5, 0.6) is 5.75 Å². The number of carbonyl (C=O) groups excluding carboxylic acids is 1. The number of hydrogen-bond donors (Lipinski definition) is 2. The fourth-order valence-electron chi connectivity index (χ4n) is 2.25. The number of rotatable bonds is 6. The first-order valence-corrected chi connectivity index (χ1v) is 6.80. The molecular formula is C15H19F2NO3. The molecule has 0 spiro atoms. The van der Waals surface area contributed by atoms with Gasteiger partial charge < -0.3 is 15.2 Å². The predicted molar refractivity (Wildman–Crippen MR) is 72.9 cm³/mol. The average Bonchev–Trinajstić information content (AvgIpc) is 3.04. The normalized spacial score (nSPS) is 21.0. The first-order valence-electron chi connectivity index (χ1n) is 6.80. The molecule has 0 aromatic heterocycles. The Labute approximate surface area is 122 Å². The first kappa shape index (κ1) is 15.7. The van der Waals surface area contributed by atoms with Crippen molar-refractivity contribution >= 4 is 5.91 Å². The predicted octanol–water partition coefficient (Wildman–Crippen LogP) is 2.48. The molecule has 0 aliphatic heterocycles. The van der Waals surface area contributed by atoms with Gasteiger partial charge in [0.2, 0.25) is 5.91 Å². The summed E-state index contributed by atoms with van der Waals surface area (Å²) in [4.78, 5) is 11.8. The van der Waals surface area contributed by atoms with Gasteiger partial charge in [-0.15, -0.1) is 0 Å². The van der Waals surface area contributed by atoms with Gasteiger partial charge in [0.1, 0.15) is 5.75 Å². The standard InChI is InChI=1S/C15H19F2NO3/c1-15(2)7-11(15)13(20)18-8-12(19)9-4-3-5-10(6-9)21-14(16)17/h3-6,11-12,14,19H,7-8H2,1-2H3,(H,18,20)/t11-,12?/m1/s1. The Balaban J connectivity index is 1.88. The number of aliphatic hydroxyl groups is 1. The van der Waals surface area contributed by atoms with E-state index in [0.717, 1.165) is 6.42 Å². The number of halogens is 2. The van der Waals surface area contributed by atoms with Crippen molar-refractivity contribution in [3.05, 3.63) is 29.8 Å². The second-order valence-corrected chi connectivity index (χ2v) is 5.96. The minimum Gasteiger partial charge on any atom is -0.435 e. The largest absolute Gasteiger partial charge is 0.435 e. The second-order valence-electron chi connectivity index (χ2n) is 5.96. The van der Waals surface area contributed by atoms with Crippen LogP contribution in [0.1, 0.15) is 31.9 Å². The molecule has 116 valence electrons. The molecule has 6 heteroatoms. The van der Waals surface area contributed by atoms with Crippen molar-refractivity contribution < 1.29 is 23.4 Å². The maximum atomic E-state index is 12.1. The number of benzene rings is 1. The van der Waals surface area contributed by atoms with Crippen molar-refractivity contribution in [2.45, 2.75) is 33.0 Å². The molecule has 1 unspecified atom stereocenters. The molecule has 1 aliphatic rings. The van der Waals surface area contributed by atoms with Crippen LogP contribution < -0.4 is 10.1 Å². The summed E-state index contributed by atoms with van der Waals surface area (Å²) in [6.45, 7) is 1.16. The Bertz CT molecular complexity index is 519. The molecular weight excluding hydrogens is 280 g/mol.